The zero-order valence-corrected chi connectivity index (χ0v) is 11.5. The highest BCUT2D eigenvalue weighted by atomic mass is 16.3. The maximum absolute atomic E-state index is 11.7. The van der Waals surface area contributed by atoms with Crippen LogP contribution in [0.25, 0.3) is 11.0 Å². The van der Waals surface area contributed by atoms with Crippen molar-refractivity contribution < 1.29 is 9.21 Å². The van der Waals surface area contributed by atoms with Gasteiger partial charge in [0.05, 0.1) is 6.54 Å². The molecule has 3 rings (SSSR count). The zero-order chi connectivity index (χ0) is 14.5. The number of carbonyl (C=O) groups excluding carboxylic acids is 1. The number of fused-ring (bicyclic) bond motifs is 1. The Kier molecular flexibility index (Phi) is 3.87. The minimum absolute atomic E-state index is 0.209. The second-order valence-corrected chi connectivity index (χ2v) is 4.77. The topological polar surface area (TPSA) is 54.3 Å². The number of hydrogen-bond donors (Lipinski definition) is 2. The molecule has 4 heteroatoms. The van der Waals surface area contributed by atoms with Crippen LogP contribution in [0.2, 0.25) is 0 Å². The van der Waals surface area contributed by atoms with Crippen molar-refractivity contribution in [1.29, 1.82) is 0 Å². The van der Waals surface area contributed by atoms with Gasteiger partial charge in [0.1, 0.15) is 11.3 Å². The summed E-state index contributed by atoms with van der Waals surface area (Å²) in [5, 5.41) is 6.64. The lowest BCUT2D eigenvalue weighted by molar-refractivity contribution is 0.239. The van der Waals surface area contributed by atoms with E-state index in [0.717, 1.165) is 22.3 Å². The molecule has 0 aliphatic heterocycles. The van der Waals surface area contributed by atoms with Gasteiger partial charge in [-0.3, -0.25) is 0 Å². The van der Waals surface area contributed by atoms with Crippen LogP contribution in [0.3, 0.4) is 0 Å². The van der Waals surface area contributed by atoms with Crippen molar-refractivity contribution in [2.45, 2.75) is 13.1 Å². The van der Waals surface area contributed by atoms with Gasteiger partial charge in [-0.2, -0.15) is 0 Å². The third-order valence-electron chi connectivity index (χ3n) is 3.20. The van der Waals surface area contributed by atoms with Gasteiger partial charge in [0.25, 0.3) is 0 Å². The molecule has 0 spiro atoms. The van der Waals surface area contributed by atoms with E-state index in [4.69, 9.17) is 4.42 Å². The lowest BCUT2D eigenvalue weighted by Gasteiger charge is -2.06. The molecule has 0 aliphatic rings. The molecule has 0 bridgehead atoms. The minimum atomic E-state index is -0.209. The molecular formula is C17H16N2O2. The molecular weight excluding hydrogens is 264 g/mol. The number of furan rings is 1. The molecule has 0 fully saturated rings. The summed E-state index contributed by atoms with van der Waals surface area (Å²) < 4.78 is 5.64. The number of hydrogen-bond acceptors (Lipinski definition) is 2. The van der Waals surface area contributed by atoms with Gasteiger partial charge in [-0.05, 0) is 17.7 Å². The van der Waals surface area contributed by atoms with Crippen molar-refractivity contribution in [3.63, 3.8) is 0 Å². The normalized spacial score (nSPS) is 10.5. The number of carbonyl (C=O) groups is 1. The highest BCUT2D eigenvalue weighted by Gasteiger charge is 2.05. The van der Waals surface area contributed by atoms with Crippen LogP contribution in [0, 0.1) is 0 Å². The largest absolute Gasteiger partial charge is 0.459 e. The summed E-state index contributed by atoms with van der Waals surface area (Å²) in [5.74, 6) is 0.742. The van der Waals surface area contributed by atoms with E-state index in [1.165, 1.54) is 0 Å². The third-order valence-corrected chi connectivity index (χ3v) is 3.20. The Balaban J connectivity index is 1.51. The number of nitrogens with one attached hydrogen (secondary N) is 2. The average Bonchev–Trinajstić information content (AvgIpc) is 2.95. The van der Waals surface area contributed by atoms with E-state index in [-0.39, 0.29) is 6.03 Å². The van der Waals surface area contributed by atoms with Crippen molar-refractivity contribution in [1.82, 2.24) is 10.6 Å². The van der Waals surface area contributed by atoms with E-state index >= 15 is 0 Å². The van der Waals surface area contributed by atoms with Gasteiger partial charge >= 0.3 is 6.03 Å². The van der Waals surface area contributed by atoms with Crippen LogP contribution < -0.4 is 10.6 Å². The molecule has 0 saturated carbocycles. The molecule has 21 heavy (non-hydrogen) atoms. The predicted molar refractivity (Wildman–Crippen MR) is 81.7 cm³/mol. The highest BCUT2D eigenvalue weighted by molar-refractivity contribution is 5.78. The van der Waals surface area contributed by atoms with Gasteiger partial charge in [-0.25, -0.2) is 4.79 Å². The van der Waals surface area contributed by atoms with E-state index in [9.17, 15) is 4.79 Å². The average molecular weight is 280 g/mol. The maximum Gasteiger partial charge on any atom is 0.315 e. The smallest absolute Gasteiger partial charge is 0.315 e. The first-order chi connectivity index (χ1) is 10.3. The van der Waals surface area contributed by atoms with Gasteiger partial charge in [0, 0.05) is 11.9 Å². The van der Waals surface area contributed by atoms with Crippen LogP contribution in [-0.4, -0.2) is 6.03 Å². The number of benzene rings is 2. The Morgan fingerprint density at radius 2 is 1.62 bits per heavy atom. The van der Waals surface area contributed by atoms with Crippen LogP contribution in [0.4, 0.5) is 4.79 Å². The Morgan fingerprint density at radius 1 is 0.905 bits per heavy atom. The third kappa shape index (κ3) is 3.42. The second kappa shape index (κ2) is 6.13. The molecule has 2 N–H and O–H groups in total. The van der Waals surface area contributed by atoms with Gasteiger partial charge in [-0.15, -0.1) is 0 Å². The first-order valence-corrected chi connectivity index (χ1v) is 6.84. The first-order valence-electron chi connectivity index (χ1n) is 6.84. The monoisotopic (exact) mass is 280 g/mol. The molecule has 0 atom stereocenters. The molecule has 106 valence electrons. The molecule has 2 amide bonds. The van der Waals surface area contributed by atoms with Crippen molar-refractivity contribution in [3.8, 4) is 0 Å². The Morgan fingerprint density at radius 3 is 2.43 bits per heavy atom. The van der Waals surface area contributed by atoms with Gasteiger partial charge < -0.3 is 15.1 Å². The Hall–Kier alpha value is -2.75. The van der Waals surface area contributed by atoms with Gasteiger partial charge in [0.15, 0.2) is 0 Å². The van der Waals surface area contributed by atoms with Crippen LogP contribution in [-0.2, 0) is 13.1 Å². The van der Waals surface area contributed by atoms with Crippen LogP contribution in [0.5, 0.6) is 0 Å². The summed E-state index contributed by atoms with van der Waals surface area (Å²) in [7, 11) is 0. The summed E-state index contributed by atoms with van der Waals surface area (Å²) in [6.45, 7) is 0.877. The highest BCUT2D eigenvalue weighted by Crippen LogP contribution is 2.18. The number of urea groups is 1. The van der Waals surface area contributed by atoms with E-state index in [0.29, 0.717) is 13.1 Å². The summed E-state index contributed by atoms with van der Waals surface area (Å²) in [4.78, 5) is 11.7. The molecule has 1 heterocycles. The molecule has 4 nitrogen and oxygen atoms in total. The molecule has 0 saturated heterocycles. The lowest BCUT2D eigenvalue weighted by Crippen LogP contribution is -2.34. The Bertz CT molecular complexity index is 702. The number of para-hydroxylation sites is 1. The first kappa shape index (κ1) is 13.2. The molecule has 0 radical (unpaired) electrons. The summed E-state index contributed by atoms with van der Waals surface area (Å²) in [6.07, 6.45) is 0. The van der Waals surface area contributed by atoms with Crippen molar-refractivity contribution in [3.05, 3.63) is 72.0 Å². The van der Waals surface area contributed by atoms with Crippen LogP contribution >= 0.6 is 0 Å². The second-order valence-electron chi connectivity index (χ2n) is 4.77. The predicted octanol–water partition coefficient (Wildman–Crippen LogP) is 3.43. The fourth-order valence-corrected chi connectivity index (χ4v) is 2.13. The van der Waals surface area contributed by atoms with Gasteiger partial charge in [-0.1, -0.05) is 48.5 Å². The van der Waals surface area contributed by atoms with E-state index in [2.05, 4.69) is 10.6 Å². The van der Waals surface area contributed by atoms with Crippen molar-refractivity contribution >= 4 is 17.0 Å². The zero-order valence-electron chi connectivity index (χ0n) is 11.5. The van der Waals surface area contributed by atoms with Crippen molar-refractivity contribution in [2.75, 3.05) is 0 Å². The Labute approximate surface area is 122 Å². The lowest BCUT2D eigenvalue weighted by atomic mass is 10.2. The van der Waals surface area contributed by atoms with Gasteiger partial charge in [0.2, 0.25) is 0 Å². The van der Waals surface area contributed by atoms with Crippen LogP contribution in [0.15, 0.2) is 65.1 Å². The number of rotatable bonds is 4. The van der Waals surface area contributed by atoms with E-state index in [1.807, 2.05) is 60.7 Å². The molecule has 2 aromatic carbocycles. The maximum atomic E-state index is 11.7. The molecule has 3 aromatic rings. The quantitative estimate of drug-likeness (QED) is 0.769. The van der Waals surface area contributed by atoms with E-state index in [1.54, 1.807) is 0 Å². The summed E-state index contributed by atoms with van der Waals surface area (Å²) in [6, 6.07) is 19.3. The SMILES string of the molecule is O=C(NCc1ccccc1)NCc1cc2ccccc2o1. The molecule has 0 aliphatic carbocycles. The van der Waals surface area contributed by atoms with Crippen molar-refractivity contribution in [2.24, 2.45) is 0 Å². The number of amides is 2. The summed E-state index contributed by atoms with van der Waals surface area (Å²) in [5.41, 5.74) is 1.90. The fraction of sp³-hybridized carbons (Fsp3) is 0.118. The molecule has 0 unspecified atom stereocenters. The summed E-state index contributed by atoms with van der Waals surface area (Å²) >= 11 is 0. The van der Waals surface area contributed by atoms with Crippen LogP contribution in [0.1, 0.15) is 11.3 Å². The van der Waals surface area contributed by atoms with E-state index < -0.39 is 0 Å². The minimum Gasteiger partial charge on any atom is -0.459 e. The fourth-order valence-electron chi connectivity index (χ4n) is 2.13. The molecule has 1 aromatic heterocycles. The standard InChI is InChI=1S/C17H16N2O2/c20-17(18-11-13-6-2-1-3-7-13)19-12-15-10-14-8-4-5-9-16(14)21-15/h1-10H,11-12H2,(H2,18,19,20).